The molecule has 0 radical (unpaired) electrons. The van der Waals surface area contributed by atoms with E-state index in [1.165, 1.54) is 0 Å². The van der Waals surface area contributed by atoms with Gasteiger partial charge in [-0.3, -0.25) is 9.69 Å². The summed E-state index contributed by atoms with van der Waals surface area (Å²) in [5, 5.41) is 11.8. The van der Waals surface area contributed by atoms with E-state index in [-0.39, 0.29) is 11.9 Å². The van der Waals surface area contributed by atoms with Crippen LogP contribution in [0.25, 0.3) is 0 Å². The third-order valence-electron chi connectivity index (χ3n) is 2.82. The summed E-state index contributed by atoms with van der Waals surface area (Å²) in [7, 11) is 0. The van der Waals surface area contributed by atoms with E-state index in [9.17, 15) is 4.79 Å². The molecule has 0 aromatic heterocycles. The van der Waals surface area contributed by atoms with Crippen LogP contribution in [0.4, 0.5) is 0 Å². The highest BCUT2D eigenvalue weighted by Crippen LogP contribution is 2.21. The zero-order valence-corrected chi connectivity index (χ0v) is 9.00. The van der Waals surface area contributed by atoms with E-state index in [4.69, 9.17) is 5.26 Å². The van der Waals surface area contributed by atoms with Crippen molar-refractivity contribution >= 4 is 5.91 Å². The van der Waals surface area contributed by atoms with E-state index in [0.29, 0.717) is 6.54 Å². The number of piperazine rings is 1. The minimum atomic E-state index is -0.561. The second-order valence-corrected chi connectivity index (χ2v) is 4.06. The molecule has 1 aliphatic heterocycles. The Hall–Kier alpha value is -1.08. The van der Waals surface area contributed by atoms with Gasteiger partial charge in [0.25, 0.3) is 0 Å². The maximum absolute atomic E-state index is 11.6. The first-order chi connectivity index (χ1) is 6.54. The quantitative estimate of drug-likeness (QED) is 0.698. The maximum Gasteiger partial charge on any atom is 0.240 e. The van der Waals surface area contributed by atoms with Crippen LogP contribution >= 0.6 is 0 Å². The summed E-state index contributed by atoms with van der Waals surface area (Å²) >= 11 is 0. The molecule has 4 nitrogen and oxygen atoms in total. The van der Waals surface area contributed by atoms with Gasteiger partial charge in [0.05, 0.1) is 17.6 Å². The summed E-state index contributed by atoms with van der Waals surface area (Å²) in [5.41, 5.74) is -0.561. The van der Waals surface area contributed by atoms with Crippen molar-refractivity contribution in [2.75, 3.05) is 13.1 Å². The average Bonchev–Trinajstić information content (AvgIpc) is 2.14. The molecule has 1 heterocycles. The van der Waals surface area contributed by atoms with Crippen molar-refractivity contribution in [3.8, 4) is 6.07 Å². The van der Waals surface area contributed by atoms with Crippen molar-refractivity contribution in [2.24, 2.45) is 0 Å². The normalized spacial score (nSPS) is 23.7. The molecular formula is C10H17N3O. The molecule has 0 aliphatic carbocycles. The summed E-state index contributed by atoms with van der Waals surface area (Å²) in [6.07, 6.45) is 0.757. The standard InChI is InChI=1S/C10H17N3O/c1-4-8(7-11)13-6-5-12-9(14)10(13,2)3/h8H,4-6H2,1-3H3,(H,12,14). The number of amides is 1. The lowest BCUT2D eigenvalue weighted by molar-refractivity contribution is -0.136. The molecule has 0 saturated carbocycles. The highest BCUT2D eigenvalue weighted by atomic mass is 16.2. The van der Waals surface area contributed by atoms with Crippen LogP contribution in [-0.2, 0) is 4.79 Å². The van der Waals surface area contributed by atoms with Gasteiger partial charge in [-0.1, -0.05) is 6.92 Å². The number of nitriles is 1. The number of nitrogens with one attached hydrogen (secondary N) is 1. The van der Waals surface area contributed by atoms with Gasteiger partial charge in [-0.25, -0.2) is 0 Å². The molecule has 1 unspecified atom stereocenters. The smallest absolute Gasteiger partial charge is 0.240 e. The van der Waals surface area contributed by atoms with E-state index in [0.717, 1.165) is 13.0 Å². The Balaban J connectivity index is 2.87. The lowest BCUT2D eigenvalue weighted by Crippen LogP contribution is -2.64. The second-order valence-electron chi connectivity index (χ2n) is 4.06. The number of nitrogens with zero attached hydrogens (tertiary/aromatic N) is 2. The van der Waals surface area contributed by atoms with Crippen LogP contribution in [0.2, 0.25) is 0 Å². The third kappa shape index (κ3) is 1.73. The van der Waals surface area contributed by atoms with Crippen molar-refractivity contribution in [1.82, 2.24) is 10.2 Å². The van der Waals surface area contributed by atoms with Gasteiger partial charge in [-0.2, -0.15) is 5.26 Å². The molecule has 1 fully saturated rings. The summed E-state index contributed by atoms with van der Waals surface area (Å²) in [6.45, 7) is 7.09. The third-order valence-corrected chi connectivity index (χ3v) is 2.82. The Kier molecular flexibility index (Phi) is 3.12. The van der Waals surface area contributed by atoms with Crippen LogP contribution in [0.1, 0.15) is 27.2 Å². The van der Waals surface area contributed by atoms with Gasteiger partial charge < -0.3 is 5.32 Å². The Morgan fingerprint density at radius 3 is 2.86 bits per heavy atom. The summed E-state index contributed by atoms with van der Waals surface area (Å²) < 4.78 is 0. The molecule has 78 valence electrons. The molecule has 1 N–H and O–H groups in total. The van der Waals surface area contributed by atoms with Crippen molar-refractivity contribution in [2.45, 2.75) is 38.8 Å². The fraction of sp³-hybridized carbons (Fsp3) is 0.800. The number of carbonyl (C=O) groups is 1. The molecule has 1 saturated heterocycles. The van der Waals surface area contributed by atoms with Crippen LogP contribution in [-0.4, -0.2) is 35.5 Å². The lowest BCUT2D eigenvalue weighted by Gasteiger charge is -2.43. The first-order valence-electron chi connectivity index (χ1n) is 4.98. The van der Waals surface area contributed by atoms with Crippen LogP contribution in [0.5, 0.6) is 0 Å². The number of rotatable bonds is 2. The second kappa shape index (κ2) is 3.97. The molecule has 0 spiro atoms. The van der Waals surface area contributed by atoms with Crippen molar-refractivity contribution in [3.63, 3.8) is 0 Å². The summed E-state index contributed by atoms with van der Waals surface area (Å²) in [6, 6.07) is 2.09. The van der Waals surface area contributed by atoms with E-state index in [2.05, 4.69) is 11.4 Å². The molecule has 0 aromatic rings. The zero-order chi connectivity index (χ0) is 10.8. The van der Waals surface area contributed by atoms with Gasteiger partial charge in [-0.05, 0) is 20.3 Å². The van der Waals surface area contributed by atoms with Crippen molar-refractivity contribution in [1.29, 1.82) is 5.26 Å². The molecule has 0 bridgehead atoms. The maximum atomic E-state index is 11.6. The van der Waals surface area contributed by atoms with Gasteiger partial charge in [0.1, 0.15) is 0 Å². The average molecular weight is 195 g/mol. The first kappa shape index (κ1) is 11.0. The zero-order valence-electron chi connectivity index (χ0n) is 9.00. The predicted octanol–water partition coefficient (Wildman–Crippen LogP) is 0.499. The molecule has 1 amide bonds. The van der Waals surface area contributed by atoms with Gasteiger partial charge in [0, 0.05) is 13.1 Å². The monoisotopic (exact) mass is 195 g/mol. The number of hydrogen-bond acceptors (Lipinski definition) is 3. The SMILES string of the molecule is CCC(C#N)N1CCNC(=O)C1(C)C. The van der Waals surface area contributed by atoms with Crippen molar-refractivity contribution < 1.29 is 4.79 Å². The van der Waals surface area contributed by atoms with Gasteiger partial charge >= 0.3 is 0 Å². The van der Waals surface area contributed by atoms with Gasteiger partial charge in [0.2, 0.25) is 5.91 Å². The van der Waals surface area contributed by atoms with E-state index < -0.39 is 5.54 Å². The molecule has 1 aliphatic rings. The van der Waals surface area contributed by atoms with Crippen LogP contribution in [0, 0.1) is 11.3 Å². The number of carbonyl (C=O) groups excluding carboxylic acids is 1. The fourth-order valence-corrected chi connectivity index (χ4v) is 1.84. The lowest BCUT2D eigenvalue weighted by atomic mass is 9.96. The molecule has 14 heavy (non-hydrogen) atoms. The Morgan fingerprint density at radius 2 is 2.36 bits per heavy atom. The van der Waals surface area contributed by atoms with E-state index >= 15 is 0 Å². The van der Waals surface area contributed by atoms with Gasteiger partial charge in [0.15, 0.2) is 0 Å². The summed E-state index contributed by atoms with van der Waals surface area (Å²) in [5.74, 6) is 0.0115. The fourth-order valence-electron chi connectivity index (χ4n) is 1.84. The molecule has 1 atom stereocenters. The van der Waals surface area contributed by atoms with Gasteiger partial charge in [-0.15, -0.1) is 0 Å². The minimum Gasteiger partial charge on any atom is -0.353 e. The van der Waals surface area contributed by atoms with Crippen LogP contribution in [0.15, 0.2) is 0 Å². The highest BCUT2D eigenvalue weighted by Gasteiger charge is 2.40. The van der Waals surface area contributed by atoms with E-state index in [1.807, 2.05) is 25.7 Å². The molecule has 1 rings (SSSR count). The Bertz CT molecular complexity index is 267. The Morgan fingerprint density at radius 1 is 1.71 bits per heavy atom. The predicted molar refractivity (Wildman–Crippen MR) is 53.5 cm³/mol. The number of hydrogen-bond donors (Lipinski definition) is 1. The molecular weight excluding hydrogens is 178 g/mol. The minimum absolute atomic E-state index is 0.0115. The van der Waals surface area contributed by atoms with E-state index in [1.54, 1.807) is 0 Å². The first-order valence-corrected chi connectivity index (χ1v) is 4.98. The largest absolute Gasteiger partial charge is 0.353 e. The summed E-state index contributed by atoms with van der Waals surface area (Å²) in [4.78, 5) is 13.6. The highest BCUT2D eigenvalue weighted by molar-refractivity contribution is 5.86. The van der Waals surface area contributed by atoms with Crippen LogP contribution < -0.4 is 5.32 Å². The molecule has 0 aromatic carbocycles. The topological polar surface area (TPSA) is 56.1 Å². The molecule has 4 heteroatoms. The Labute approximate surface area is 84.9 Å². The van der Waals surface area contributed by atoms with Crippen molar-refractivity contribution in [3.05, 3.63) is 0 Å². The van der Waals surface area contributed by atoms with Crippen LogP contribution in [0.3, 0.4) is 0 Å².